The number of aromatic nitrogens is 2. The lowest BCUT2D eigenvalue weighted by molar-refractivity contribution is -0.122. The van der Waals surface area contributed by atoms with Gasteiger partial charge in [-0.05, 0) is 40.8 Å². The number of nitrogens with one attached hydrogen (secondary N) is 2. The summed E-state index contributed by atoms with van der Waals surface area (Å²) in [6.45, 7) is 1.79. The van der Waals surface area contributed by atoms with Crippen molar-refractivity contribution in [3.05, 3.63) is 138 Å². The first-order valence-corrected chi connectivity index (χ1v) is 11.9. The summed E-state index contributed by atoms with van der Waals surface area (Å²) < 4.78 is 5.75. The number of aromatic amines is 1. The molecule has 5 heteroatoms. The average Bonchev–Trinajstić information content (AvgIpc) is 3.52. The second-order valence-electron chi connectivity index (χ2n) is 8.59. The zero-order chi connectivity index (χ0) is 24.7. The lowest BCUT2D eigenvalue weighted by Gasteiger charge is -2.07. The minimum absolute atomic E-state index is 0.137. The zero-order valence-corrected chi connectivity index (χ0v) is 20.0. The van der Waals surface area contributed by atoms with Gasteiger partial charge in [-0.25, -0.2) is 0 Å². The first kappa shape index (κ1) is 23.1. The van der Waals surface area contributed by atoms with Gasteiger partial charge in [0.1, 0.15) is 0 Å². The fraction of sp³-hybridized carbons (Fsp3) is 0.0968. The Bertz CT molecular complexity index is 1420. The van der Waals surface area contributed by atoms with E-state index >= 15 is 0 Å². The third-order valence-electron chi connectivity index (χ3n) is 6.11. The van der Waals surface area contributed by atoms with Crippen molar-refractivity contribution in [2.45, 2.75) is 12.8 Å². The summed E-state index contributed by atoms with van der Waals surface area (Å²) in [4.78, 5) is 12.5. The van der Waals surface area contributed by atoms with Gasteiger partial charge in [-0.3, -0.25) is 9.89 Å². The Kier molecular flexibility index (Phi) is 6.90. The molecule has 1 aromatic heterocycles. The van der Waals surface area contributed by atoms with Crippen LogP contribution in [0.5, 0.6) is 5.88 Å². The molecule has 2 N–H and O–H groups in total. The fourth-order valence-corrected chi connectivity index (χ4v) is 4.36. The number of allylic oxidation sites excluding steroid dienone is 5. The summed E-state index contributed by atoms with van der Waals surface area (Å²) in [5, 5.41) is 9.99. The van der Waals surface area contributed by atoms with Crippen molar-refractivity contribution in [3.63, 3.8) is 0 Å². The number of hydrogen-bond acceptors (Lipinski definition) is 3. The molecule has 0 saturated heterocycles. The summed E-state index contributed by atoms with van der Waals surface area (Å²) >= 11 is 0. The molecule has 0 spiro atoms. The van der Waals surface area contributed by atoms with E-state index in [9.17, 15) is 4.79 Å². The van der Waals surface area contributed by atoms with Gasteiger partial charge < -0.3 is 10.1 Å². The van der Waals surface area contributed by atoms with E-state index < -0.39 is 0 Å². The Balaban J connectivity index is 1.26. The summed E-state index contributed by atoms with van der Waals surface area (Å²) in [7, 11) is 0. The number of benzene rings is 3. The van der Waals surface area contributed by atoms with Crippen molar-refractivity contribution >= 4 is 11.5 Å². The number of hydrogen-bond donors (Lipinski definition) is 2. The topological polar surface area (TPSA) is 67.0 Å². The zero-order valence-electron chi connectivity index (χ0n) is 20.0. The van der Waals surface area contributed by atoms with Crippen molar-refractivity contribution in [1.82, 2.24) is 15.5 Å². The molecule has 178 valence electrons. The van der Waals surface area contributed by atoms with Crippen LogP contribution in [0, 0.1) is 6.92 Å². The van der Waals surface area contributed by atoms with Crippen LogP contribution in [0.15, 0.2) is 121 Å². The number of rotatable bonds is 8. The third kappa shape index (κ3) is 5.20. The third-order valence-corrected chi connectivity index (χ3v) is 6.11. The Hall–Kier alpha value is -4.64. The molecule has 0 bridgehead atoms. The Labute approximate surface area is 210 Å². The van der Waals surface area contributed by atoms with E-state index in [1.807, 2.05) is 67.6 Å². The van der Waals surface area contributed by atoms with Crippen molar-refractivity contribution in [1.29, 1.82) is 0 Å². The van der Waals surface area contributed by atoms with Crippen LogP contribution in [-0.2, 0) is 4.79 Å². The van der Waals surface area contributed by atoms with Gasteiger partial charge in [-0.1, -0.05) is 103 Å². The van der Waals surface area contributed by atoms with Crippen molar-refractivity contribution in [2.75, 3.05) is 6.61 Å². The van der Waals surface area contributed by atoms with Crippen LogP contribution < -0.4 is 10.1 Å². The number of carbonyl (C=O) groups excluding carboxylic acids is 1. The quantitative estimate of drug-likeness (QED) is 0.320. The molecule has 1 amide bonds. The first-order chi connectivity index (χ1) is 17.7. The summed E-state index contributed by atoms with van der Waals surface area (Å²) in [5.74, 6) is 0.338. The van der Waals surface area contributed by atoms with Gasteiger partial charge in [0.2, 0.25) is 5.88 Å². The smallest absolute Gasteiger partial charge is 0.261 e. The van der Waals surface area contributed by atoms with Gasteiger partial charge in [0.25, 0.3) is 5.91 Å². The molecule has 36 heavy (non-hydrogen) atoms. The summed E-state index contributed by atoms with van der Waals surface area (Å²) in [5.41, 5.74) is 7.31. The van der Waals surface area contributed by atoms with Crippen LogP contribution in [0.2, 0.25) is 0 Å². The van der Waals surface area contributed by atoms with E-state index in [1.54, 1.807) is 6.20 Å². The molecule has 3 aromatic carbocycles. The van der Waals surface area contributed by atoms with E-state index in [1.165, 1.54) is 5.56 Å². The maximum absolute atomic E-state index is 12.5. The van der Waals surface area contributed by atoms with E-state index in [0.717, 1.165) is 33.5 Å². The highest BCUT2D eigenvalue weighted by molar-refractivity contribution is 5.86. The lowest BCUT2D eigenvalue weighted by Crippen LogP contribution is -2.24. The van der Waals surface area contributed by atoms with Crippen LogP contribution in [0.4, 0.5) is 0 Å². The molecule has 1 atom stereocenters. The summed E-state index contributed by atoms with van der Waals surface area (Å²) in [6.07, 6.45) is 8.10. The van der Waals surface area contributed by atoms with Crippen LogP contribution in [0.3, 0.4) is 0 Å². The van der Waals surface area contributed by atoms with Gasteiger partial charge in [-0.2, -0.15) is 0 Å². The average molecular weight is 474 g/mol. The van der Waals surface area contributed by atoms with Crippen LogP contribution in [0.1, 0.15) is 22.7 Å². The van der Waals surface area contributed by atoms with Gasteiger partial charge in [0.05, 0.1) is 5.56 Å². The number of ether oxygens (including phenoxy) is 1. The molecular formula is C31H27N3O2. The fourth-order valence-electron chi connectivity index (χ4n) is 4.36. The molecule has 1 aliphatic rings. The predicted octanol–water partition coefficient (Wildman–Crippen LogP) is 6.20. The Morgan fingerprint density at radius 1 is 0.917 bits per heavy atom. The molecule has 4 aromatic rings. The molecule has 1 heterocycles. The monoisotopic (exact) mass is 473 g/mol. The van der Waals surface area contributed by atoms with E-state index in [-0.39, 0.29) is 18.4 Å². The highest BCUT2D eigenvalue weighted by Gasteiger charge is 2.19. The molecular weight excluding hydrogens is 446 g/mol. The van der Waals surface area contributed by atoms with E-state index in [2.05, 4.69) is 64.1 Å². The Morgan fingerprint density at radius 2 is 1.56 bits per heavy atom. The number of H-pyrrole nitrogens is 1. The van der Waals surface area contributed by atoms with Crippen molar-refractivity contribution < 1.29 is 9.53 Å². The number of carbonyl (C=O) groups is 1. The predicted molar refractivity (Wildman–Crippen MR) is 143 cm³/mol. The normalized spacial score (nSPS) is 15.0. The first-order valence-electron chi connectivity index (χ1n) is 11.9. The number of nitrogens with zero attached hydrogens (tertiary/aromatic N) is 1. The largest absolute Gasteiger partial charge is 0.466 e. The van der Waals surface area contributed by atoms with Gasteiger partial charge in [0, 0.05) is 17.8 Å². The molecule has 0 aliphatic heterocycles. The minimum atomic E-state index is -0.255. The molecule has 0 saturated carbocycles. The minimum Gasteiger partial charge on any atom is -0.466 e. The number of aryl methyl sites for hydroxylation is 1. The summed E-state index contributed by atoms with van der Waals surface area (Å²) in [6, 6.07) is 30.5. The SMILES string of the molecule is Cc1[nH]nc(OCC(=O)NC=CC2=CC(c3ccccc3)C=C2c2ccccc2)c1-c1ccccc1. The molecule has 5 nitrogen and oxygen atoms in total. The highest BCUT2D eigenvalue weighted by Crippen LogP contribution is 2.37. The molecule has 5 rings (SSSR count). The maximum Gasteiger partial charge on any atom is 0.261 e. The number of amides is 1. The highest BCUT2D eigenvalue weighted by atomic mass is 16.5. The van der Waals surface area contributed by atoms with Crippen LogP contribution in [-0.4, -0.2) is 22.7 Å². The molecule has 0 radical (unpaired) electrons. The van der Waals surface area contributed by atoms with E-state index in [0.29, 0.717) is 5.88 Å². The molecule has 0 fully saturated rings. The second kappa shape index (κ2) is 10.7. The standard InChI is InChI=1S/C31H27N3O2/c1-22-30(25-15-9-4-10-16-25)31(34-33-22)36-21-29(35)32-18-17-26-19-27(23-11-5-2-6-12-23)20-28(26)24-13-7-3-8-14-24/h2-20,27H,21H2,1H3,(H,32,35)(H,33,34). The van der Waals surface area contributed by atoms with Crippen molar-refractivity contribution in [2.24, 2.45) is 0 Å². The van der Waals surface area contributed by atoms with Crippen LogP contribution in [0.25, 0.3) is 16.7 Å². The second-order valence-corrected chi connectivity index (χ2v) is 8.59. The molecule has 1 aliphatic carbocycles. The van der Waals surface area contributed by atoms with Gasteiger partial charge in [-0.15, -0.1) is 5.10 Å². The molecule has 1 unspecified atom stereocenters. The van der Waals surface area contributed by atoms with Gasteiger partial charge >= 0.3 is 0 Å². The maximum atomic E-state index is 12.5. The van der Waals surface area contributed by atoms with Gasteiger partial charge in [0.15, 0.2) is 6.61 Å². The van der Waals surface area contributed by atoms with Crippen molar-refractivity contribution in [3.8, 4) is 17.0 Å². The van der Waals surface area contributed by atoms with E-state index in [4.69, 9.17) is 4.74 Å². The Morgan fingerprint density at radius 3 is 2.25 bits per heavy atom. The van der Waals surface area contributed by atoms with Crippen LogP contribution >= 0.6 is 0 Å². The lowest BCUT2D eigenvalue weighted by atomic mass is 9.99.